The van der Waals surface area contributed by atoms with Crippen LogP contribution in [0.25, 0.3) is 5.57 Å². The number of carbonyl (C=O) groups is 6. The number of allylic oxidation sites excluding steroid dienone is 1. The molecule has 2 aliphatic rings. The summed E-state index contributed by atoms with van der Waals surface area (Å²) in [5, 5.41) is 11.3. The molecule has 13 heteroatoms. The molecule has 4 atom stereocenters. The third-order valence-electron chi connectivity index (χ3n) is 10.6. The van der Waals surface area contributed by atoms with Crippen LogP contribution in [-0.2, 0) is 43.4 Å². The highest BCUT2D eigenvalue weighted by Crippen LogP contribution is 2.31. The van der Waals surface area contributed by atoms with E-state index in [0.29, 0.717) is 45.1 Å². The number of amides is 6. The van der Waals surface area contributed by atoms with Crippen molar-refractivity contribution in [2.24, 2.45) is 11.7 Å². The number of nitrogens with two attached hydrogens (primary N) is 1. The Morgan fingerprint density at radius 1 is 0.842 bits per heavy atom. The van der Waals surface area contributed by atoms with Crippen LogP contribution in [0.2, 0.25) is 0 Å². The number of Topliss-reactive ketones (excluding diaryl/α,β-unsaturated/α-hetero) is 1. The number of fused-ring (bicyclic) bond motifs is 1. The van der Waals surface area contributed by atoms with Crippen molar-refractivity contribution < 1.29 is 28.8 Å². The van der Waals surface area contributed by atoms with Gasteiger partial charge in [-0.25, -0.2) is 4.79 Å². The Bertz CT molecular complexity index is 1920. The Balaban J connectivity index is 1.37. The molecule has 0 aromatic heterocycles. The smallest absolute Gasteiger partial charge is 0.312 e. The molecule has 0 saturated carbocycles. The van der Waals surface area contributed by atoms with Crippen molar-refractivity contribution in [3.63, 3.8) is 0 Å². The van der Waals surface area contributed by atoms with E-state index in [1.165, 1.54) is 4.90 Å². The molecule has 0 spiro atoms. The van der Waals surface area contributed by atoms with Gasteiger partial charge in [0.15, 0.2) is 5.78 Å². The number of carbonyl (C=O) groups excluding carboxylic acids is 6. The van der Waals surface area contributed by atoms with E-state index in [9.17, 15) is 28.8 Å². The van der Waals surface area contributed by atoms with Crippen LogP contribution >= 0.6 is 11.6 Å². The van der Waals surface area contributed by atoms with Gasteiger partial charge < -0.3 is 31.9 Å². The zero-order valence-electron chi connectivity index (χ0n) is 32.4. The number of piperidine rings is 1. The lowest BCUT2D eigenvalue weighted by Crippen LogP contribution is -2.59. The number of benzene rings is 3. The van der Waals surface area contributed by atoms with E-state index in [-0.39, 0.29) is 49.9 Å². The number of primary amides is 1. The largest absolute Gasteiger partial charge is 0.352 e. The number of nitrogens with one attached hydrogen (secondary N) is 4. The molecule has 1 aliphatic heterocycles. The number of halogens is 1. The van der Waals surface area contributed by atoms with Gasteiger partial charge in [0.05, 0.1) is 6.04 Å². The molecule has 0 radical (unpaired) electrons. The number of hydrogen-bond acceptors (Lipinski definition) is 6. The van der Waals surface area contributed by atoms with Gasteiger partial charge in [-0.3, -0.25) is 24.0 Å². The van der Waals surface area contributed by atoms with Crippen LogP contribution in [0.1, 0.15) is 72.8 Å². The summed E-state index contributed by atoms with van der Waals surface area (Å²) in [4.78, 5) is 82.1. The van der Waals surface area contributed by atoms with E-state index in [0.717, 1.165) is 33.4 Å². The molecule has 6 amide bonds. The van der Waals surface area contributed by atoms with E-state index in [2.05, 4.69) is 27.3 Å². The van der Waals surface area contributed by atoms with Crippen LogP contribution in [0.15, 0.2) is 84.9 Å². The summed E-state index contributed by atoms with van der Waals surface area (Å²) in [5.41, 5.74) is 11.1. The normalized spacial score (nSPS) is 16.3. The highest BCUT2D eigenvalue weighted by molar-refractivity contribution is 6.27. The molecule has 5 rings (SSSR count). The minimum atomic E-state index is -0.999. The molecule has 0 unspecified atom stereocenters. The molecule has 1 fully saturated rings. The van der Waals surface area contributed by atoms with Gasteiger partial charge in [0.25, 0.3) is 0 Å². The second kappa shape index (κ2) is 21.2. The van der Waals surface area contributed by atoms with Crippen LogP contribution in [0, 0.1) is 12.8 Å². The maximum absolute atomic E-state index is 14.5. The monoisotopic (exact) mass is 796 g/mol. The van der Waals surface area contributed by atoms with E-state index in [4.69, 9.17) is 17.3 Å². The first kappa shape index (κ1) is 42.6. The Morgan fingerprint density at radius 2 is 1.58 bits per heavy atom. The fourth-order valence-corrected chi connectivity index (χ4v) is 7.62. The highest BCUT2D eigenvalue weighted by Gasteiger charge is 2.38. The SMILES string of the molecule is Cc1ccc(CNC(=O)[C@H](CCCNC(N)=O)CC(=O)[C@H](CC2=CCc3ccccc32)NC(=O)[C@@H]2CCCCN2C(=O)[C@H](Cc2ccccc2)NC(=O)CCl)cc1. The van der Waals surface area contributed by atoms with Gasteiger partial charge in [-0.05, 0) is 73.3 Å². The van der Waals surface area contributed by atoms with E-state index in [1.54, 1.807) is 0 Å². The molecule has 1 heterocycles. The van der Waals surface area contributed by atoms with Crippen LogP contribution in [0.3, 0.4) is 0 Å². The Hall–Kier alpha value is -5.49. The molecule has 1 aliphatic carbocycles. The first-order valence-electron chi connectivity index (χ1n) is 19.7. The zero-order valence-corrected chi connectivity index (χ0v) is 33.2. The van der Waals surface area contributed by atoms with Gasteiger partial charge in [0, 0.05) is 44.8 Å². The minimum absolute atomic E-state index is 0.160. The lowest BCUT2D eigenvalue weighted by atomic mass is 9.89. The van der Waals surface area contributed by atoms with Gasteiger partial charge in [-0.15, -0.1) is 11.6 Å². The predicted molar refractivity (Wildman–Crippen MR) is 220 cm³/mol. The van der Waals surface area contributed by atoms with Crippen molar-refractivity contribution in [2.45, 2.75) is 89.4 Å². The number of rotatable bonds is 19. The van der Waals surface area contributed by atoms with Crippen molar-refractivity contribution in [3.8, 4) is 0 Å². The maximum atomic E-state index is 14.5. The van der Waals surface area contributed by atoms with Crippen LogP contribution in [-0.4, -0.2) is 77.4 Å². The number of aryl methyl sites for hydroxylation is 1. The highest BCUT2D eigenvalue weighted by atomic mass is 35.5. The van der Waals surface area contributed by atoms with Gasteiger partial charge in [-0.1, -0.05) is 90.5 Å². The molecule has 57 heavy (non-hydrogen) atoms. The second-order valence-corrected chi connectivity index (χ2v) is 15.1. The average Bonchev–Trinajstić information content (AvgIpc) is 3.63. The molecule has 6 N–H and O–H groups in total. The van der Waals surface area contributed by atoms with Crippen LogP contribution < -0.4 is 27.0 Å². The number of hydrogen-bond donors (Lipinski definition) is 5. The maximum Gasteiger partial charge on any atom is 0.312 e. The zero-order chi connectivity index (χ0) is 40.7. The van der Waals surface area contributed by atoms with Crippen molar-refractivity contribution in [1.82, 2.24) is 26.2 Å². The number of nitrogens with zero attached hydrogens (tertiary/aromatic N) is 1. The van der Waals surface area contributed by atoms with E-state index >= 15 is 0 Å². The fourth-order valence-electron chi connectivity index (χ4n) is 7.54. The lowest BCUT2D eigenvalue weighted by Gasteiger charge is -2.37. The summed E-state index contributed by atoms with van der Waals surface area (Å²) in [6.45, 7) is 2.79. The summed E-state index contributed by atoms with van der Waals surface area (Å²) in [7, 11) is 0. The Kier molecular flexibility index (Phi) is 15.8. The van der Waals surface area contributed by atoms with Crippen molar-refractivity contribution in [1.29, 1.82) is 0 Å². The Morgan fingerprint density at radius 3 is 2.32 bits per heavy atom. The minimum Gasteiger partial charge on any atom is -0.352 e. The van der Waals surface area contributed by atoms with Crippen LogP contribution in [0.5, 0.6) is 0 Å². The summed E-state index contributed by atoms with van der Waals surface area (Å²) in [5.74, 6) is -3.08. The predicted octanol–water partition coefficient (Wildman–Crippen LogP) is 4.50. The van der Waals surface area contributed by atoms with Gasteiger partial charge >= 0.3 is 6.03 Å². The summed E-state index contributed by atoms with van der Waals surface area (Å²) < 4.78 is 0. The topological polar surface area (TPSA) is 180 Å². The summed E-state index contributed by atoms with van der Waals surface area (Å²) >= 11 is 5.83. The van der Waals surface area contributed by atoms with Crippen LogP contribution in [0.4, 0.5) is 4.79 Å². The molecule has 12 nitrogen and oxygen atoms in total. The molecule has 3 aromatic carbocycles. The number of ketones is 1. The average molecular weight is 797 g/mol. The summed E-state index contributed by atoms with van der Waals surface area (Å²) in [6, 6.07) is 21.5. The second-order valence-electron chi connectivity index (χ2n) is 14.8. The molecule has 0 bridgehead atoms. The van der Waals surface area contributed by atoms with E-state index in [1.807, 2.05) is 85.8 Å². The number of likely N-dealkylation sites (tertiary alicyclic amines) is 1. The molecule has 302 valence electrons. The first-order valence-corrected chi connectivity index (χ1v) is 20.2. The molecular formula is C44H53ClN6O6. The third-order valence-corrected chi connectivity index (χ3v) is 10.9. The lowest BCUT2D eigenvalue weighted by molar-refractivity contribution is -0.145. The van der Waals surface area contributed by atoms with Crippen molar-refractivity contribution in [3.05, 3.63) is 113 Å². The standard InChI is InChI=1S/C44H53ClN6O6/c1-29-16-18-31(19-17-29)28-48-41(54)34(13-9-22-47-44(46)57)26-39(52)36(25-33-21-20-32-12-5-6-14-35(32)33)50-42(55)38-15-7-8-23-51(38)43(56)37(49-40(53)27-45)24-30-10-3-2-4-11-30/h2-6,10-12,14,16-19,21,34,36-38H,7-9,13,15,20,22-28H2,1H3,(H,48,54)(H,49,53)(H,50,55)(H3,46,47,57)/t34-,36+,37+,38+/m1/s1. The number of urea groups is 1. The van der Waals surface area contributed by atoms with Gasteiger partial charge in [0.1, 0.15) is 18.0 Å². The third kappa shape index (κ3) is 12.5. The quantitative estimate of drug-likeness (QED) is 0.0881. The van der Waals surface area contributed by atoms with E-state index < -0.39 is 47.8 Å². The first-order chi connectivity index (χ1) is 27.5. The molecule has 3 aromatic rings. The fraction of sp³-hybridized carbons (Fsp3) is 0.409. The number of alkyl halides is 1. The van der Waals surface area contributed by atoms with Crippen molar-refractivity contribution >= 4 is 52.6 Å². The molecular weight excluding hydrogens is 744 g/mol. The van der Waals surface area contributed by atoms with Gasteiger partial charge in [0.2, 0.25) is 23.6 Å². The molecule has 1 saturated heterocycles. The van der Waals surface area contributed by atoms with Crippen molar-refractivity contribution in [2.75, 3.05) is 19.0 Å². The Labute approximate surface area is 339 Å². The summed E-state index contributed by atoms with van der Waals surface area (Å²) in [6.07, 6.45) is 5.44. The van der Waals surface area contributed by atoms with Gasteiger partial charge in [-0.2, -0.15) is 0 Å².